The number of nitrogens with zero attached hydrogens (tertiary/aromatic N) is 4. The smallest absolute Gasteiger partial charge is 0.407 e. The molecule has 0 saturated carbocycles. The van der Waals surface area contributed by atoms with Crippen LogP contribution in [0.25, 0.3) is 0 Å². The van der Waals surface area contributed by atoms with Gasteiger partial charge in [0.15, 0.2) is 0 Å². The Kier molecular flexibility index (Phi) is 5.72. The molecule has 3 saturated heterocycles. The number of hydrogen-bond acceptors (Lipinski definition) is 7. The summed E-state index contributed by atoms with van der Waals surface area (Å²) in [7, 11) is 0. The number of amides is 5. The number of carbonyl (C=O) groups is 5. The SMILES string of the molecule is O=C1CCC(N2C(=O)c3ccc(N4CCN(C[C@H]5CCN(C(=O)O)C5)CC4)cc3C2=O)C(=O)N1. The number of likely N-dealkylation sites (tertiary alicyclic amines) is 1. The molecule has 3 fully saturated rings. The molecule has 180 valence electrons. The van der Waals surface area contributed by atoms with Gasteiger partial charge in [0.1, 0.15) is 6.04 Å². The first kappa shape index (κ1) is 22.3. The minimum Gasteiger partial charge on any atom is -0.465 e. The van der Waals surface area contributed by atoms with Crippen molar-refractivity contribution >= 4 is 35.4 Å². The molecule has 1 aromatic carbocycles. The monoisotopic (exact) mass is 469 g/mol. The van der Waals surface area contributed by atoms with Gasteiger partial charge in [0.05, 0.1) is 11.1 Å². The van der Waals surface area contributed by atoms with Crippen LogP contribution in [-0.4, -0.2) is 101 Å². The van der Waals surface area contributed by atoms with Crippen LogP contribution in [0.5, 0.6) is 0 Å². The van der Waals surface area contributed by atoms with Crippen molar-refractivity contribution in [1.82, 2.24) is 20.0 Å². The van der Waals surface area contributed by atoms with Gasteiger partial charge in [0, 0.05) is 57.9 Å². The Bertz CT molecular complexity index is 1070. The van der Waals surface area contributed by atoms with Gasteiger partial charge in [-0.3, -0.25) is 34.3 Å². The summed E-state index contributed by atoms with van der Waals surface area (Å²) in [6, 6.07) is 4.22. The lowest BCUT2D eigenvalue weighted by molar-refractivity contribution is -0.136. The van der Waals surface area contributed by atoms with E-state index < -0.39 is 35.8 Å². The van der Waals surface area contributed by atoms with Gasteiger partial charge in [-0.2, -0.15) is 0 Å². The number of nitrogens with one attached hydrogen (secondary N) is 1. The van der Waals surface area contributed by atoms with Crippen molar-refractivity contribution in [2.45, 2.75) is 25.3 Å². The molecule has 5 amide bonds. The van der Waals surface area contributed by atoms with E-state index in [1.165, 1.54) is 4.90 Å². The van der Waals surface area contributed by atoms with Crippen molar-refractivity contribution in [3.63, 3.8) is 0 Å². The summed E-state index contributed by atoms with van der Waals surface area (Å²) in [6.07, 6.45) is 0.259. The van der Waals surface area contributed by atoms with E-state index in [-0.39, 0.29) is 24.0 Å². The Labute approximate surface area is 196 Å². The molecule has 34 heavy (non-hydrogen) atoms. The molecule has 11 heteroatoms. The topological polar surface area (TPSA) is 131 Å². The van der Waals surface area contributed by atoms with Crippen LogP contribution in [-0.2, 0) is 9.59 Å². The summed E-state index contributed by atoms with van der Waals surface area (Å²) in [5.74, 6) is -1.66. The van der Waals surface area contributed by atoms with Crippen molar-refractivity contribution in [1.29, 1.82) is 0 Å². The number of benzene rings is 1. The van der Waals surface area contributed by atoms with Gasteiger partial charge >= 0.3 is 6.09 Å². The summed E-state index contributed by atoms with van der Waals surface area (Å²) >= 11 is 0. The fraction of sp³-hybridized carbons (Fsp3) is 0.522. The van der Waals surface area contributed by atoms with E-state index in [4.69, 9.17) is 5.11 Å². The molecular weight excluding hydrogens is 442 g/mol. The molecule has 4 heterocycles. The van der Waals surface area contributed by atoms with Crippen LogP contribution in [0.4, 0.5) is 10.5 Å². The lowest BCUT2D eigenvalue weighted by atomic mass is 10.0. The standard InChI is InChI=1S/C23H27N5O6/c29-19-4-3-18(20(30)24-19)28-21(31)16-2-1-15(11-17(16)22(28)32)26-9-7-25(8-10-26)12-14-5-6-27(13-14)23(33)34/h1-2,11,14,18H,3-10,12-13H2,(H,33,34)(H,24,29,30)/t14-,18?/m1/s1. The zero-order valence-corrected chi connectivity index (χ0v) is 18.7. The molecule has 0 bridgehead atoms. The van der Waals surface area contributed by atoms with Crippen LogP contribution in [0.15, 0.2) is 18.2 Å². The number of carbonyl (C=O) groups excluding carboxylic acids is 4. The minimum atomic E-state index is -0.968. The summed E-state index contributed by atoms with van der Waals surface area (Å²) in [4.78, 5) is 67.7. The van der Waals surface area contributed by atoms with Gasteiger partial charge in [-0.1, -0.05) is 0 Å². The van der Waals surface area contributed by atoms with Crippen molar-refractivity contribution in [3.8, 4) is 0 Å². The first-order chi connectivity index (χ1) is 16.3. The molecule has 0 aromatic heterocycles. The van der Waals surface area contributed by atoms with Crippen molar-refractivity contribution < 1.29 is 29.1 Å². The maximum absolute atomic E-state index is 13.1. The van der Waals surface area contributed by atoms with Crippen molar-refractivity contribution in [2.24, 2.45) is 5.92 Å². The molecule has 5 rings (SSSR count). The number of imide groups is 2. The maximum Gasteiger partial charge on any atom is 0.407 e. The first-order valence-electron chi connectivity index (χ1n) is 11.6. The third kappa shape index (κ3) is 4.00. The number of anilines is 1. The van der Waals surface area contributed by atoms with E-state index in [9.17, 15) is 24.0 Å². The molecule has 11 nitrogen and oxygen atoms in total. The minimum absolute atomic E-state index is 0.0918. The second-order valence-electron chi connectivity index (χ2n) is 9.35. The Hall–Kier alpha value is -3.47. The van der Waals surface area contributed by atoms with E-state index in [0.29, 0.717) is 19.0 Å². The highest BCUT2D eigenvalue weighted by Crippen LogP contribution is 2.31. The average Bonchev–Trinajstić information content (AvgIpc) is 3.38. The van der Waals surface area contributed by atoms with Gasteiger partial charge in [-0.25, -0.2) is 4.79 Å². The molecule has 0 radical (unpaired) electrons. The largest absolute Gasteiger partial charge is 0.465 e. The van der Waals surface area contributed by atoms with Crippen molar-refractivity contribution in [2.75, 3.05) is 50.7 Å². The number of rotatable bonds is 4. The number of hydrogen-bond donors (Lipinski definition) is 2. The normalized spacial score (nSPS) is 25.7. The predicted molar refractivity (Wildman–Crippen MR) is 119 cm³/mol. The third-order valence-electron chi connectivity index (χ3n) is 7.23. The zero-order chi connectivity index (χ0) is 24.0. The van der Waals surface area contributed by atoms with E-state index in [0.717, 1.165) is 49.7 Å². The summed E-state index contributed by atoms with van der Waals surface area (Å²) in [5, 5.41) is 11.3. The Morgan fingerprint density at radius 1 is 0.971 bits per heavy atom. The van der Waals surface area contributed by atoms with Crippen LogP contribution in [0.1, 0.15) is 40.0 Å². The fourth-order valence-corrected chi connectivity index (χ4v) is 5.36. The van der Waals surface area contributed by atoms with E-state index in [2.05, 4.69) is 15.1 Å². The van der Waals surface area contributed by atoms with Crippen molar-refractivity contribution in [3.05, 3.63) is 29.3 Å². The number of fused-ring (bicyclic) bond motifs is 1. The van der Waals surface area contributed by atoms with Gasteiger partial charge in [-0.05, 0) is 37.0 Å². The van der Waals surface area contributed by atoms with Crippen LogP contribution >= 0.6 is 0 Å². The molecule has 0 spiro atoms. The molecule has 4 aliphatic heterocycles. The van der Waals surface area contributed by atoms with E-state index >= 15 is 0 Å². The molecule has 0 aliphatic carbocycles. The second-order valence-corrected chi connectivity index (χ2v) is 9.35. The van der Waals surface area contributed by atoms with Crippen LogP contribution < -0.4 is 10.2 Å². The Morgan fingerprint density at radius 3 is 2.38 bits per heavy atom. The zero-order valence-electron chi connectivity index (χ0n) is 18.7. The first-order valence-corrected chi connectivity index (χ1v) is 11.6. The predicted octanol–water partition coefficient (Wildman–Crippen LogP) is 0.210. The number of carboxylic acid groups (broad SMARTS) is 1. The highest BCUT2D eigenvalue weighted by molar-refractivity contribution is 6.23. The second kappa shape index (κ2) is 8.71. The fourth-order valence-electron chi connectivity index (χ4n) is 5.36. The van der Waals surface area contributed by atoms with Crippen LogP contribution in [0, 0.1) is 5.92 Å². The lowest BCUT2D eigenvalue weighted by Gasteiger charge is -2.37. The van der Waals surface area contributed by atoms with E-state index in [1.54, 1.807) is 12.1 Å². The molecule has 1 aromatic rings. The molecular formula is C23H27N5O6. The van der Waals surface area contributed by atoms with Crippen LogP contribution in [0.3, 0.4) is 0 Å². The summed E-state index contributed by atoms with van der Waals surface area (Å²) in [5.41, 5.74) is 1.42. The van der Waals surface area contributed by atoms with Gasteiger partial charge in [0.25, 0.3) is 11.8 Å². The third-order valence-corrected chi connectivity index (χ3v) is 7.23. The van der Waals surface area contributed by atoms with Crippen LogP contribution in [0.2, 0.25) is 0 Å². The highest BCUT2D eigenvalue weighted by atomic mass is 16.4. The van der Waals surface area contributed by atoms with Gasteiger partial charge in [-0.15, -0.1) is 0 Å². The lowest BCUT2D eigenvalue weighted by Crippen LogP contribution is -2.54. The molecule has 4 aliphatic rings. The maximum atomic E-state index is 13.1. The number of piperazine rings is 1. The highest BCUT2D eigenvalue weighted by Gasteiger charge is 2.44. The Balaban J connectivity index is 1.22. The molecule has 2 atom stereocenters. The van der Waals surface area contributed by atoms with Gasteiger partial charge in [0.2, 0.25) is 11.8 Å². The summed E-state index contributed by atoms with van der Waals surface area (Å²) < 4.78 is 0. The quantitative estimate of drug-likeness (QED) is 0.599. The molecule has 2 N–H and O–H groups in total. The van der Waals surface area contributed by atoms with E-state index in [1.807, 2.05) is 6.07 Å². The summed E-state index contributed by atoms with van der Waals surface area (Å²) in [6.45, 7) is 5.22. The molecule has 1 unspecified atom stereocenters. The van der Waals surface area contributed by atoms with Gasteiger partial charge < -0.3 is 14.9 Å². The number of piperidine rings is 1. The Morgan fingerprint density at radius 2 is 1.71 bits per heavy atom. The average molecular weight is 469 g/mol.